The number of carboxylic acid groups (broad SMARTS) is 1. The summed E-state index contributed by atoms with van der Waals surface area (Å²) in [6.45, 7) is 12.9. The lowest BCUT2D eigenvalue weighted by Gasteiger charge is -2.49. The maximum atomic E-state index is 15.7. The van der Waals surface area contributed by atoms with Gasteiger partial charge in [-0.2, -0.15) is 13.2 Å². The third kappa shape index (κ3) is 11.8. The second-order valence-corrected chi connectivity index (χ2v) is 17.7. The molecule has 0 spiro atoms. The highest BCUT2D eigenvalue weighted by molar-refractivity contribution is 5.89. The maximum absolute atomic E-state index is 15.7. The second-order valence-electron chi connectivity index (χ2n) is 17.7. The minimum atomic E-state index is -5.08. The summed E-state index contributed by atoms with van der Waals surface area (Å²) in [5.74, 6) is -0.572. The van der Waals surface area contributed by atoms with Gasteiger partial charge in [-0.3, -0.25) is 34.4 Å². The molecule has 0 bridgehead atoms. The Morgan fingerprint density at radius 2 is 0.938 bits per heavy atom. The summed E-state index contributed by atoms with van der Waals surface area (Å²) in [7, 11) is 0. The number of carboxylic acids is 1. The SMILES string of the molecule is NCC1(c2ccccc2)CCN(C(CN2CCN(c3cnccn3)CC2)C(=O)C(CN2CCN(c3cnccn3)CC2)N2CCC(CN)(c3ccccc3)CC2)CC1.O=C(O)C(F)(F)F. The van der Waals surface area contributed by atoms with Crippen molar-refractivity contribution in [2.24, 2.45) is 11.5 Å². The van der Waals surface area contributed by atoms with Crippen LogP contribution in [0, 0.1) is 0 Å². The normalized spacial score (nSPS) is 20.9. The molecular formula is C47H63F3N12O3. The molecule has 8 rings (SSSR count). The van der Waals surface area contributed by atoms with E-state index >= 15 is 4.79 Å². The summed E-state index contributed by atoms with van der Waals surface area (Å²) >= 11 is 0. The van der Waals surface area contributed by atoms with Crippen LogP contribution >= 0.6 is 0 Å². The van der Waals surface area contributed by atoms with Gasteiger partial charge in [0.25, 0.3) is 0 Å². The van der Waals surface area contributed by atoms with E-state index in [1.165, 1.54) is 11.1 Å². The number of aromatic nitrogens is 4. The predicted molar refractivity (Wildman–Crippen MR) is 244 cm³/mol. The highest BCUT2D eigenvalue weighted by Crippen LogP contribution is 2.38. The van der Waals surface area contributed by atoms with Crippen LogP contribution in [-0.4, -0.2) is 179 Å². The van der Waals surface area contributed by atoms with E-state index in [2.05, 4.69) is 110 Å². The lowest BCUT2D eigenvalue weighted by atomic mass is 9.72. The summed E-state index contributed by atoms with van der Waals surface area (Å²) in [5, 5.41) is 7.12. The number of halogens is 3. The lowest BCUT2D eigenvalue weighted by molar-refractivity contribution is -0.192. The highest BCUT2D eigenvalue weighted by Gasteiger charge is 2.45. The van der Waals surface area contributed by atoms with Crippen molar-refractivity contribution < 1.29 is 27.9 Å². The number of likely N-dealkylation sites (tertiary alicyclic amines) is 2. The molecule has 0 amide bonds. The van der Waals surface area contributed by atoms with Gasteiger partial charge < -0.3 is 26.4 Å². The van der Waals surface area contributed by atoms with Crippen LogP contribution in [0.1, 0.15) is 36.8 Å². The fourth-order valence-corrected chi connectivity index (χ4v) is 10.0. The molecule has 6 heterocycles. The fourth-order valence-electron chi connectivity index (χ4n) is 10.0. The number of hydrogen-bond acceptors (Lipinski definition) is 14. The largest absolute Gasteiger partial charge is 0.490 e. The van der Waals surface area contributed by atoms with Crippen LogP contribution in [0.2, 0.25) is 0 Å². The Bertz CT molecular complexity index is 1930. The first-order chi connectivity index (χ1) is 31.4. The molecule has 2 aromatic heterocycles. The molecule has 0 radical (unpaired) electrons. The molecule has 0 aliphatic carbocycles. The summed E-state index contributed by atoms with van der Waals surface area (Å²) in [5.41, 5.74) is 15.7. The van der Waals surface area contributed by atoms with Gasteiger partial charge >= 0.3 is 12.1 Å². The number of piperidine rings is 2. The number of ketones is 1. The van der Waals surface area contributed by atoms with Gasteiger partial charge in [0.2, 0.25) is 0 Å². The Morgan fingerprint density at radius 1 is 0.585 bits per heavy atom. The summed E-state index contributed by atoms with van der Waals surface area (Å²) in [6, 6.07) is 21.1. The molecule has 4 aromatic rings. The van der Waals surface area contributed by atoms with Gasteiger partial charge in [-0.25, -0.2) is 14.8 Å². The number of hydrogen-bond donors (Lipinski definition) is 3. The molecule has 2 aromatic carbocycles. The van der Waals surface area contributed by atoms with E-state index in [1.807, 2.05) is 12.4 Å². The molecule has 4 aliphatic heterocycles. The number of Topliss-reactive ketones (excluding diaryl/α,β-unsaturated/α-hetero) is 1. The number of piperazine rings is 2. The van der Waals surface area contributed by atoms with Crippen molar-refractivity contribution in [2.45, 2.75) is 54.8 Å². The van der Waals surface area contributed by atoms with Crippen LogP contribution < -0.4 is 21.3 Å². The molecule has 2 unspecified atom stereocenters. The highest BCUT2D eigenvalue weighted by atomic mass is 19.4. The number of anilines is 2. The molecular weight excluding hydrogens is 838 g/mol. The number of aliphatic carboxylic acids is 1. The lowest BCUT2D eigenvalue weighted by Crippen LogP contribution is -2.63. The van der Waals surface area contributed by atoms with Crippen LogP contribution in [0.5, 0.6) is 0 Å². The van der Waals surface area contributed by atoms with E-state index in [-0.39, 0.29) is 22.9 Å². The van der Waals surface area contributed by atoms with Crippen molar-refractivity contribution in [1.29, 1.82) is 0 Å². The average molecular weight is 901 g/mol. The van der Waals surface area contributed by atoms with Crippen LogP contribution in [0.4, 0.5) is 24.8 Å². The maximum Gasteiger partial charge on any atom is 0.490 e. The average Bonchev–Trinajstić information content (AvgIpc) is 3.36. The third-order valence-electron chi connectivity index (χ3n) is 14.2. The van der Waals surface area contributed by atoms with Crippen LogP contribution in [0.15, 0.2) is 97.8 Å². The first-order valence-electron chi connectivity index (χ1n) is 22.7. The Labute approximate surface area is 379 Å². The van der Waals surface area contributed by atoms with Gasteiger partial charge in [-0.1, -0.05) is 60.7 Å². The van der Waals surface area contributed by atoms with Gasteiger partial charge in [0.15, 0.2) is 5.78 Å². The molecule has 65 heavy (non-hydrogen) atoms. The third-order valence-corrected chi connectivity index (χ3v) is 14.2. The first-order valence-corrected chi connectivity index (χ1v) is 22.7. The van der Waals surface area contributed by atoms with Crippen molar-refractivity contribution in [3.63, 3.8) is 0 Å². The minimum absolute atomic E-state index is 0.0776. The molecule has 15 nitrogen and oxygen atoms in total. The zero-order valence-corrected chi connectivity index (χ0v) is 37.1. The zero-order chi connectivity index (χ0) is 45.9. The van der Waals surface area contributed by atoms with Gasteiger partial charge in [0.1, 0.15) is 11.6 Å². The van der Waals surface area contributed by atoms with E-state index in [9.17, 15) is 13.2 Å². The number of carbonyl (C=O) groups excluding carboxylic acids is 1. The molecule has 0 saturated carbocycles. The molecule has 2 atom stereocenters. The summed E-state index contributed by atoms with van der Waals surface area (Å²) < 4.78 is 31.7. The predicted octanol–water partition coefficient (Wildman–Crippen LogP) is 3.14. The van der Waals surface area contributed by atoms with Crippen molar-refractivity contribution in [3.05, 3.63) is 109 Å². The molecule has 4 saturated heterocycles. The van der Waals surface area contributed by atoms with Crippen molar-refractivity contribution in [3.8, 4) is 0 Å². The summed E-state index contributed by atoms with van der Waals surface area (Å²) in [6.07, 6.45) is 9.33. The van der Waals surface area contributed by atoms with Gasteiger partial charge in [0.05, 0.1) is 24.5 Å². The van der Waals surface area contributed by atoms with E-state index in [0.29, 0.717) is 18.9 Å². The van der Waals surface area contributed by atoms with Crippen LogP contribution in [0.25, 0.3) is 0 Å². The number of carbonyl (C=O) groups is 2. The van der Waals surface area contributed by atoms with Gasteiger partial charge in [-0.15, -0.1) is 0 Å². The van der Waals surface area contributed by atoms with Crippen molar-refractivity contribution >= 4 is 23.4 Å². The number of alkyl halides is 3. The van der Waals surface area contributed by atoms with Crippen molar-refractivity contribution in [2.75, 3.05) is 115 Å². The molecule has 5 N–H and O–H groups in total. The number of rotatable bonds is 14. The molecule has 4 fully saturated rings. The standard InChI is InChI=1S/C45H62N12O.C2HF3O2/c46-35-44(37-7-3-1-4-8-37)11-19-54(20-12-44)39(33-52-23-27-56(28-24-52)41-31-48-15-17-50-41)43(58)40(34-53-25-29-57(30-26-53)42-32-49-16-18-51-42)55-21-13-45(36-47,14-22-55)38-9-5-2-6-10-38;3-2(4,5)1(6)7/h1-10,15-18,31-32,39-40H,11-14,19-30,33-36,46-47H2;(H,6,7). The van der Waals surface area contributed by atoms with Crippen LogP contribution in [0.3, 0.4) is 0 Å². The fraction of sp³-hybridized carbons (Fsp3) is 0.532. The zero-order valence-electron chi connectivity index (χ0n) is 37.1. The topological polar surface area (TPSA) is 177 Å². The monoisotopic (exact) mass is 901 g/mol. The molecule has 350 valence electrons. The van der Waals surface area contributed by atoms with Crippen LogP contribution in [-0.2, 0) is 20.4 Å². The molecule has 18 heteroatoms. The van der Waals surface area contributed by atoms with E-state index in [1.54, 1.807) is 24.8 Å². The van der Waals surface area contributed by atoms with Gasteiger partial charge in [-0.05, 0) is 63.0 Å². The Hall–Kier alpha value is -5.11. The molecule has 4 aliphatic rings. The minimum Gasteiger partial charge on any atom is -0.475 e. The Balaban J connectivity index is 0.000000833. The van der Waals surface area contributed by atoms with E-state index in [4.69, 9.17) is 21.4 Å². The Morgan fingerprint density at radius 3 is 1.23 bits per heavy atom. The second kappa shape index (κ2) is 21.9. The van der Waals surface area contributed by atoms with Gasteiger partial charge in [0, 0.05) is 114 Å². The van der Waals surface area contributed by atoms with E-state index in [0.717, 1.165) is 129 Å². The quantitative estimate of drug-likeness (QED) is 0.168. The number of nitrogens with two attached hydrogens (primary N) is 2. The Kier molecular flexibility index (Phi) is 16.1. The smallest absolute Gasteiger partial charge is 0.475 e. The number of nitrogens with zero attached hydrogens (tertiary/aromatic N) is 10. The summed E-state index contributed by atoms with van der Waals surface area (Å²) in [4.78, 5) is 57.1. The van der Waals surface area contributed by atoms with Crippen molar-refractivity contribution in [1.82, 2.24) is 39.5 Å². The number of benzene rings is 2. The van der Waals surface area contributed by atoms with E-state index < -0.39 is 12.1 Å². The first kappa shape index (κ1) is 47.8.